The van der Waals surface area contributed by atoms with E-state index in [0.29, 0.717) is 24.4 Å². The van der Waals surface area contributed by atoms with Crippen LogP contribution >= 0.6 is 0 Å². The highest BCUT2D eigenvalue weighted by Gasteiger charge is 2.07. The van der Waals surface area contributed by atoms with E-state index in [2.05, 4.69) is 5.32 Å². The number of methoxy groups -OCH3 is 1. The molecule has 0 bridgehead atoms. The molecule has 1 aromatic carbocycles. The van der Waals surface area contributed by atoms with Gasteiger partial charge in [-0.1, -0.05) is 6.42 Å². The van der Waals surface area contributed by atoms with Crippen molar-refractivity contribution in [1.29, 1.82) is 0 Å². The van der Waals surface area contributed by atoms with Crippen LogP contribution in [-0.2, 0) is 4.79 Å². The lowest BCUT2D eigenvalue weighted by molar-refractivity contribution is -0.116. The van der Waals surface area contributed by atoms with Gasteiger partial charge in [-0.3, -0.25) is 4.79 Å². The first-order valence-electron chi connectivity index (χ1n) is 6.04. The van der Waals surface area contributed by atoms with Crippen LogP contribution in [-0.4, -0.2) is 24.7 Å². The summed E-state index contributed by atoms with van der Waals surface area (Å²) >= 11 is 0. The Labute approximate surface area is 107 Å². The molecule has 0 aliphatic rings. The molecule has 1 amide bonds. The predicted octanol–water partition coefficient (Wildman–Crippen LogP) is 1.86. The molecule has 0 saturated heterocycles. The van der Waals surface area contributed by atoms with E-state index in [9.17, 15) is 9.90 Å². The quantitative estimate of drug-likeness (QED) is 0.511. The lowest BCUT2D eigenvalue weighted by atomic mass is 10.2. The van der Waals surface area contributed by atoms with Gasteiger partial charge >= 0.3 is 0 Å². The molecule has 0 saturated carbocycles. The number of phenolic OH excluding ortho intramolecular Hbond substituents is 1. The molecule has 0 fully saturated rings. The van der Waals surface area contributed by atoms with Crippen LogP contribution in [0, 0.1) is 0 Å². The van der Waals surface area contributed by atoms with E-state index in [1.807, 2.05) is 0 Å². The van der Waals surface area contributed by atoms with Crippen molar-refractivity contribution in [3.63, 3.8) is 0 Å². The number of carbonyl (C=O) groups excluding carboxylic acids is 1. The molecule has 0 atom stereocenters. The summed E-state index contributed by atoms with van der Waals surface area (Å²) in [5, 5.41) is 12.3. The normalized spacial score (nSPS) is 10.1. The standard InChI is InChI=1S/C13H20N2O3/c1-18-10-6-7-12(16)11(9-10)15-13(17)5-3-2-4-8-14/h6-7,9,16H,2-5,8,14H2,1H3,(H,15,17). The van der Waals surface area contributed by atoms with Gasteiger partial charge in [-0.25, -0.2) is 0 Å². The van der Waals surface area contributed by atoms with Crippen LogP contribution in [0.1, 0.15) is 25.7 Å². The number of amides is 1. The zero-order chi connectivity index (χ0) is 13.4. The third-order valence-electron chi connectivity index (χ3n) is 2.59. The second-order valence-electron chi connectivity index (χ2n) is 4.03. The first-order valence-corrected chi connectivity index (χ1v) is 6.04. The average molecular weight is 252 g/mol. The number of nitrogens with two attached hydrogens (primary N) is 1. The third kappa shape index (κ3) is 4.63. The summed E-state index contributed by atoms with van der Waals surface area (Å²) < 4.78 is 5.03. The molecule has 0 aliphatic carbocycles. The molecule has 5 heteroatoms. The Morgan fingerprint density at radius 2 is 2.17 bits per heavy atom. The molecule has 0 heterocycles. The van der Waals surface area contributed by atoms with Crippen LogP contribution in [0.5, 0.6) is 11.5 Å². The molecule has 0 unspecified atom stereocenters. The van der Waals surface area contributed by atoms with Crippen molar-refractivity contribution in [2.24, 2.45) is 5.73 Å². The van der Waals surface area contributed by atoms with Gasteiger partial charge in [0.05, 0.1) is 12.8 Å². The average Bonchev–Trinajstić information content (AvgIpc) is 2.37. The lowest BCUT2D eigenvalue weighted by Gasteiger charge is -2.09. The fourth-order valence-corrected chi connectivity index (χ4v) is 1.56. The molecule has 4 N–H and O–H groups in total. The van der Waals surface area contributed by atoms with Gasteiger partial charge < -0.3 is 20.9 Å². The molecular weight excluding hydrogens is 232 g/mol. The monoisotopic (exact) mass is 252 g/mol. The zero-order valence-corrected chi connectivity index (χ0v) is 10.6. The van der Waals surface area contributed by atoms with Crippen LogP contribution in [0.15, 0.2) is 18.2 Å². The van der Waals surface area contributed by atoms with Gasteiger partial charge in [-0.15, -0.1) is 0 Å². The first kappa shape index (κ1) is 14.3. The number of carbonyl (C=O) groups is 1. The summed E-state index contributed by atoms with van der Waals surface area (Å²) in [6, 6.07) is 4.71. The number of nitrogens with one attached hydrogen (secondary N) is 1. The van der Waals surface area contributed by atoms with Crippen molar-refractivity contribution in [2.45, 2.75) is 25.7 Å². The molecule has 0 radical (unpaired) electrons. The van der Waals surface area contributed by atoms with Crippen LogP contribution in [0.4, 0.5) is 5.69 Å². The lowest BCUT2D eigenvalue weighted by Crippen LogP contribution is -2.11. The summed E-state index contributed by atoms with van der Waals surface area (Å²) in [6.45, 7) is 0.651. The summed E-state index contributed by atoms with van der Waals surface area (Å²) in [7, 11) is 1.53. The minimum Gasteiger partial charge on any atom is -0.506 e. The van der Waals surface area contributed by atoms with E-state index in [1.54, 1.807) is 12.1 Å². The largest absolute Gasteiger partial charge is 0.506 e. The van der Waals surface area contributed by atoms with Gasteiger partial charge in [0.25, 0.3) is 0 Å². The molecule has 0 aliphatic heterocycles. The highest BCUT2D eigenvalue weighted by molar-refractivity contribution is 5.92. The molecule has 1 rings (SSSR count). The second-order valence-corrected chi connectivity index (χ2v) is 4.03. The van der Waals surface area contributed by atoms with Crippen molar-refractivity contribution in [3.05, 3.63) is 18.2 Å². The molecule has 18 heavy (non-hydrogen) atoms. The highest BCUT2D eigenvalue weighted by atomic mass is 16.5. The summed E-state index contributed by atoms with van der Waals surface area (Å²) in [5.74, 6) is 0.507. The maximum absolute atomic E-state index is 11.6. The molecule has 100 valence electrons. The number of anilines is 1. The van der Waals surface area contributed by atoms with Gasteiger partial charge in [0.15, 0.2) is 0 Å². The SMILES string of the molecule is COc1ccc(O)c(NC(=O)CCCCCN)c1. The van der Waals surface area contributed by atoms with E-state index >= 15 is 0 Å². The number of ether oxygens (including phenoxy) is 1. The van der Waals surface area contributed by atoms with E-state index in [0.717, 1.165) is 19.3 Å². The van der Waals surface area contributed by atoms with E-state index < -0.39 is 0 Å². The minimum absolute atomic E-state index is 0.0334. The highest BCUT2D eigenvalue weighted by Crippen LogP contribution is 2.27. The molecule has 1 aromatic rings. The molecule has 0 aromatic heterocycles. The number of rotatable bonds is 7. The Morgan fingerprint density at radius 3 is 2.83 bits per heavy atom. The Kier molecular flexibility index (Phi) is 6.00. The Hall–Kier alpha value is -1.75. The number of phenols is 1. The van der Waals surface area contributed by atoms with Gasteiger partial charge in [-0.2, -0.15) is 0 Å². The maximum Gasteiger partial charge on any atom is 0.224 e. The van der Waals surface area contributed by atoms with Crippen molar-refractivity contribution in [2.75, 3.05) is 19.0 Å². The third-order valence-corrected chi connectivity index (χ3v) is 2.59. The van der Waals surface area contributed by atoms with Crippen LogP contribution in [0.2, 0.25) is 0 Å². The van der Waals surface area contributed by atoms with Gasteiger partial charge in [0.1, 0.15) is 11.5 Å². The van der Waals surface area contributed by atoms with Gasteiger partial charge in [0, 0.05) is 12.5 Å². The summed E-state index contributed by atoms with van der Waals surface area (Å²) in [4.78, 5) is 11.6. The van der Waals surface area contributed by atoms with Crippen molar-refractivity contribution < 1.29 is 14.6 Å². The number of aromatic hydroxyl groups is 1. The molecular formula is C13H20N2O3. The fourth-order valence-electron chi connectivity index (χ4n) is 1.56. The minimum atomic E-state index is -0.115. The number of hydrogen-bond donors (Lipinski definition) is 3. The smallest absolute Gasteiger partial charge is 0.224 e. The van der Waals surface area contributed by atoms with Gasteiger partial charge in [-0.05, 0) is 31.5 Å². The van der Waals surface area contributed by atoms with E-state index in [-0.39, 0.29) is 11.7 Å². The Bertz CT molecular complexity index is 394. The van der Waals surface area contributed by atoms with Crippen LogP contribution in [0.3, 0.4) is 0 Å². The zero-order valence-electron chi connectivity index (χ0n) is 10.6. The Balaban J connectivity index is 2.48. The molecule has 0 spiro atoms. The van der Waals surface area contributed by atoms with Crippen molar-refractivity contribution >= 4 is 11.6 Å². The number of unbranched alkanes of at least 4 members (excludes halogenated alkanes) is 2. The Morgan fingerprint density at radius 1 is 1.39 bits per heavy atom. The molecule has 5 nitrogen and oxygen atoms in total. The van der Waals surface area contributed by atoms with E-state index in [4.69, 9.17) is 10.5 Å². The van der Waals surface area contributed by atoms with Crippen molar-refractivity contribution in [1.82, 2.24) is 0 Å². The second kappa shape index (κ2) is 7.55. The van der Waals surface area contributed by atoms with Crippen molar-refractivity contribution in [3.8, 4) is 11.5 Å². The van der Waals surface area contributed by atoms with Crippen LogP contribution in [0.25, 0.3) is 0 Å². The first-order chi connectivity index (χ1) is 8.67. The topological polar surface area (TPSA) is 84.6 Å². The summed E-state index contributed by atoms with van der Waals surface area (Å²) in [6.07, 6.45) is 3.09. The number of benzene rings is 1. The number of hydrogen-bond acceptors (Lipinski definition) is 4. The van der Waals surface area contributed by atoms with Crippen LogP contribution < -0.4 is 15.8 Å². The van der Waals surface area contributed by atoms with Gasteiger partial charge in [0.2, 0.25) is 5.91 Å². The predicted molar refractivity (Wildman–Crippen MR) is 70.8 cm³/mol. The maximum atomic E-state index is 11.6. The fraction of sp³-hybridized carbons (Fsp3) is 0.462. The summed E-state index contributed by atoms with van der Waals surface area (Å²) in [5.41, 5.74) is 5.75. The van der Waals surface area contributed by atoms with E-state index in [1.165, 1.54) is 13.2 Å².